The highest BCUT2D eigenvalue weighted by atomic mass is 32.2. The lowest BCUT2D eigenvalue weighted by Crippen LogP contribution is -2.52. The van der Waals surface area contributed by atoms with Gasteiger partial charge in [-0.25, -0.2) is 17.9 Å². The molecule has 1 aliphatic carbocycles. The van der Waals surface area contributed by atoms with Crippen LogP contribution in [-0.4, -0.2) is 38.0 Å². The molecule has 1 amide bonds. The summed E-state index contributed by atoms with van der Waals surface area (Å²) in [4.78, 5) is 23.4. The van der Waals surface area contributed by atoms with Gasteiger partial charge in [0, 0.05) is 0 Å². The number of carboxylic acids is 1. The molecule has 9 heteroatoms. The van der Waals surface area contributed by atoms with E-state index in [-0.39, 0.29) is 5.76 Å². The molecule has 8 nitrogen and oxygen atoms in total. The van der Waals surface area contributed by atoms with E-state index >= 15 is 0 Å². The van der Waals surface area contributed by atoms with Gasteiger partial charge in [-0.15, -0.1) is 0 Å². The number of nitrogens with one attached hydrogen (secondary N) is 2. The summed E-state index contributed by atoms with van der Waals surface area (Å²) in [7, 11) is -2.56. The lowest BCUT2D eigenvalue weighted by atomic mass is 9.98. The quantitative estimate of drug-likeness (QED) is 0.718. The molecule has 0 aliphatic heterocycles. The van der Waals surface area contributed by atoms with E-state index in [0.29, 0.717) is 25.7 Å². The summed E-state index contributed by atoms with van der Waals surface area (Å²) in [6.45, 7) is 0. The molecule has 0 spiro atoms. The van der Waals surface area contributed by atoms with Gasteiger partial charge in [0.15, 0.2) is 5.76 Å². The summed E-state index contributed by atoms with van der Waals surface area (Å²) in [5, 5.41) is 11.3. The molecule has 1 heterocycles. The van der Waals surface area contributed by atoms with Crippen molar-refractivity contribution in [2.45, 2.75) is 36.3 Å². The van der Waals surface area contributed by atoms with Gasteiger partial charge in [0.05, 0.1) is 0 Å². The SMILES string of the molecule is CNS(=O)(=O)c1ccc(C(=O)NC2(C(=O)O)CCCC2)o1. The number of furan rings is 1. The molecule has 1 aliphatic rings. The molecule has 0 unspecified atom stereocenters. The molecule has 0 aromatic carbocycles. The van der Waals surface area contributed by atoms with E-state index < -0.39 is 32.5 Å². The number of sulfonamides is 1. The smallest absolute Gasteiger partial charge is 0.329 e. The first-order chi connectivity index (χ1) is 9.81. The molecule has 0 atom stereocenters. The average molecular weight is 316 g/mol. The molecular weight excluding hydrogens is 300 g/mol. The van der Waals surface area contributed by atoms with Crippen LogP contribution < -0.4 is 10.0 Å². The standard InChI is InChI=1S/C12H16N2O6S/c1-13-21(18,19)9-5-4-8(20-9)10(15)14-12(11(16)17)6-2-3-7-12/h4-5,13H,2-3,6-7H2,1H3,(H,14,15)(H,16,17). The number of carboxylic acid groups (broad SMARTS) is 1. The third-order valence-corrected chi connectivity index (χ3v) is 4.84. The van der Waals surface area contributed by atoms with Crippen molar-refractivity contribution in [3.8, 4) is 0 Å². The van der Waals surface area contributed by atoms with Crippen molar-refractivity contribution >= 4 is 21.9 Å². The van der Waals surface area contributed by atoms with Gasteiger partial charge in [0.2, 0.25) is 5.09 Å². The van der Waals surface area contributed by atoms with Crippen LogP contribution in [0.1, 0.15) is 36.2 Å². The Morgan fingerprint density at radius 2 is 1.90 bits per heavy atom. The Labute approximate surface area is 121 Å². The number of hydrogen-bond donors (Lipinski definition) is 3. The summed E-state index contributed by atoms with van der Waals surface area (Å²) < 4.78 is 30.1. The molecule has 1 aromatic heterocycles. The average Bonchev–Trinajstić information content (AvgIpc) is 3.08. The van der Waals surface area contributed by atoms with Gasteiger partial charge < -0.3 is 14.8 Å². The second kappa shape index (κ2) is 5.49. The molecule has 1 aromatic rings. The summed E-state index contributed by atoms with van der Waals surface area (Å²) in [6, 6.07) is 2.34. The van der Waals surface area contributed by atoms with Crippen LogP contribution in [0.25, 0.3) is 0 Å². The Morgan fingerprint density at radius 1 is 1.29 bits per heavy atom. The minimum atomic E-state index is -3.78. The molecular formula is C12H16N2O6S. The van der Waals surface area contributed by atoms with E-state index in [1.54, 1.807) is 0 Å². The maximum absolute atomic E-state index is 12.1. The van der Waals surface area contributed by atoms with E-state index in [0.717, 1.165) is 6.07 Å². The van der Waals surface area contributed by atoms with Gasteiger partial charge in [-0.3, -0.25) is 4.79 Å². The first-order valence-electron chi connectivity index (χ1n) is 6.40. The van der Waals surface area contributed by atoms with Crippen LogP contribution in [-0.2, 0) is 14.8 Å². The first kappa shape index (κ1) is 15.5. The van der Waals surface area contributed by atoms with Gasteiger partial charge in [-0.2, -0.15) is 0 Å². The van der Waals surface area contributed by atoms with Gasteiger partial charge in [-0.05, 0) is 32.0 Å². The summed E-state index contributed by atoms with van der Waals surface area (Å²) in [5.41, 5.74) is -1.30. The van der Waals surface area contributed by atoms with Crippen LogP contribution in [0.15, 0.2) is 21.6 Å². The molecule has 1 fully saturated rings. The van der Waals surface area contributed by atoms with Crippen molar-refractivity contribution in [3.63, 3.8) is 0 Å². The highest BCUT2D eigenvalue weighted by Gasteiger charge is 2.43. The molecule has 2 rings (SSSR count). The van der Waals surface area contributed by atoms with Gasteiger partial charge in [0.25, 0.3) is 15.9 Å². The zero-order chi connectivity index (χ0) is 15.7. The Hall–Kier alpha value is -1.87. The number of rotatable bonds is 5. The lowest BCUT2D eigenvalue weighted by Gasteiger charge is -2.24. The van der Waals surface area contributed by atoms with Crippen molar-refractivity contribution in [1.82, 2.24) is 10.0 Å². The maximum Gasteiger partial charge on any atom is 0.329 e. The lowest BCUT2D eigenvalue weighted by molar-refractivity contribution is -0.144. The van der Waals surface area contributed by atoms with E-state index in [1.807, 2.05) is 0 Å². The molecule has 1 saturated carbocycles. The number of aliphatic carboxylic acids is 1. The fourth-order valence-corrected chi connectivity index (χ4v) is 2.98. The Balaban J connectivity index is 2.20. The minimum Gasteiger partial charge on any atom is -0.480 e. The van der Waals surface area contributed by atoms with Crippen LogP contribution in [0, 0.1) is 0 Å². The number of carbonyl (C=O) groups is 2. The van der Waals surface area contributed by atoms with Crippen LogP contribution >= 0.6 is 0 Å². The first-order valence-corrected chi connectivity index (χ1v) is 7.88. The summed E-state index contributed by atoms with van der Waals surface area (Å²) in [5.74, 6) is -2.07. The highest BCUT2D eigenvalue weighted by molar-refractivity contribution is 7.89. The largest absolute Gasteiger partial charge is 0.480 e. The van der Waals surface area contributed by atoms with Gasteiger partial charge in [0.1, 0.15) is 5.54 Å². The molecule has 3 N–H and O–H groups in total. The molecule has 116 valence electrons. The van der Waals surface area contributed by atoms with Crippen molar-refractivity contribution in [3.05, 3.63) is 17.9 Å². The second-order valence-electron chi connectivity index (χ2n) is 4.87. The van der Waals surface area contributed by atoms with Crippen LogP contribution in [0.4, 0.5) is 0 Å². The van der Waals surface area contributed by atoms with E-state index in [2.05, 4.69) is 10.0 Å². The predicted molar refractivity (Wildman–Crippen MR) is 71.3 cm³/mol. The number of carbonyl (C=O) groups excluding carboxylic acids is 1. The Bertz CT molecular complexity index is 657. The van der Waals surface area contributed by atoms with Crippen LogP contribution in [0.5, 0.6) is 0 Å². The number of amides is 1. The van der Waals surface area contributed by atoms with Crippen molar-refractivity contribution in [1.29, 1.82) is 0 Å². The van der Waals surface area contributed by atoms with Gasteiger partial charge >= 0.3 is 5.97 Å². The van der Waals surface area contributed by atoms with Crippen molar-refractivity contribution in [2.24, 2.45) is 0 Å². The fraction of sp³-hybridized carbons (Fsp3) is 0.500. The third kappa shape index (κ3) is 2.93. The number of hydrogen-bond acceptors (Lipinski definition) is 5. The predicted octanol–water partition coefficient (Wildman–Crippen LogP) is 0.315. The monoisotopic (exact) mass is 316 g/mol. The maximum atomic E-state index is 12.1. The van der Waals surface area contributed by atoms with Crippen molar-refractivity contribution < 1.29 is 27.5 Å². The zero-order valence-corrected chi connectivity index (χ0v) is 12.2. The van der Waals surface area contributed by atoms with Crippen molar-refractivity contribution in [2.75, 3.05) is 7.05 Å². The fourth-order valence-electron chi connectivity index (χ4n) is 2.34. The molecule has 21 heavy (non-hydrogen) atoms. The third-order valence-electron chi connectivity index (χ3n) is 3.56. The molecule has 0 bridgehead atoms. The summed E-state index contributed by atoms with van der Waals surface area (Å²) >= 11 is 0. The zero-order valence-electron chi connectivity index (χ0n) is 11.4. The van der Waals surface area contributed by atoms with Crippen LogP contribution in [0.3, 0.4) is 0 Å². The highest BCUT2D eigenvalue weighted by Crippen LogP contribution is 2.30. The van der Waals surface area contributed by atoms with Gasteiger partial charge in [-0.1, -0.05) is 12.8 Å². The Morgan fingerprint density at radius 3 is 2.43 bits per heavy atom. The normalized spacial score (nSPS) is 17.6. The Kier molecular flexibility index (Phi) is 4.06. The van der Waals surface area contributed by atoms with E-state index in [1.165, 1.54) is 13.1 Å². The molecule has 0 saturated heterocycles. The second-order valence-corrected chi connectivity index (χ2v) is 6.69. The van der Waals surface area contributed by atoms with E-state index in [9.17, 15) is 23.1 Å². The minimum absolute atomic E-state index is 0.239. The van der Waals surface area contributed by atoms with E-state index in [4.69, 9.17) is 4.42 Å². The topological polar surface area (TPSA) is 126 Å². The van der Waals surface area contributed by atoms with Crippen LogP contribution in [0.2, 0.25) is 0 Å². The summed E-state index contributed by atoms with van der Waals surface area (Å²) in [6.07, 6.45) is 2.11. The molecule has 0 radical (unpaired) electrons.